The predicted molar refractivity (Wildman–Crippen MR) is 78.4 cm³/mol. The van der Waals surface area contributed by atoms with E-state index in [1.165, 1.54) is 0 Å². The molecule has 1 aromatic rings. The van der Waals surface area contributed by atoms with Crippen LogP contribution in [-0.2, 0) is 4.74 Å². The van der Waals surface area contributed by atoms with E-state index in [9.17, 15) is 10.2 Å². The molecule has 0 amide bonds. The molecule has 21 heavy (non-hydrogen) atoms. The van der Waals surface area contributed by atoms with Crippen LogP contribution in [0.3, 0.4) is 0 Å². The van der Waals surface area contributed by atoms with E-state index >= 15 is 0 Å². The van der Waals surface area contributed by atoms with Gasteiger partial charge in [0.15, 0.2) is 0 Å². The van der Waals surface area contributed by atoms with Crippen LogP contribution in [0.15, 0.2) is 12.4 Å². The van der Waals surface area contributed by atoms with Crippen molar-refractivity contribution < 1.29 is 14.9 Å². The quantitative estimate of drug-likeness (QED) is 0.805. The normalized spacial score (nSPS) is 32.4. The third-order valence-electron chi connectivity index (χ3n) is 4.51. The van der Waals surface area contributed by atoms with E-state index in [2.05, 4.69) is 14.9 Å². The first kappa shape index (κ1) is 15.0. The molecule has 0 bridgehead atoms. The first-order valence-electron chi connectivity index (χ1n) is 7.17. The van der Waals surface area contributed by atoms with Crippen molar-refractivity contribution in [1.29, 1.82) is 0 Å². The van der Waals surface area contributed by atoms with Gasteiger partial charge >= 0.3 is 0 Å². The molecule has 116 valence electrons. The first-order chi connectivity index (χ1) is 9.90. The van der Waals surface area contributed by atoms with E-state index in [1.54, 1.807) is 19.3 Å². The maximum atomic E-state index is 10.3. The van der Waals surface area contributed by atoms with E-state index < -0.39 is 11.7 Å². The largest absolute Gasteiger partial charge is 0.388 e. The maximum Gasteiger partial charge on any atom is 0.225 e. The number of hydrogen-bond donors (Lipinski definition) is 2. The average Bonchev–Trinajstić information content (AvgIpc) is 2.45. The van der Waals surface area contributed by atoms with Gasteiger partial charge in [-0.05, 0) is 19.8 Å². The first-order valence-corrected chi connectivity index (χ1v) is 7.55. The Hall–Kier alpha value is -0.950. The van der Waals surface area contributed by atoms with Gasteiger partial charge < -0.3 is 19.8 Å². The molecular formula is C14H20ClN3O3. The molecule has 0 radical (unpaired) electrons. The summed E-state index contributed by atoms with van der Waals surface area (Å²) >= 11 is 5.80. The molecule has 1 aromatic heterocycles. The van der Waals surface area contributed by atoms with E-state index in [0.717, 1.165) is 25.9 Å². The lowest BCUT2D eigenvalue weighted by Gasteiger charge is -2.49. The van der Waals surface area contributed by atoms with Crippen LogP contribution in [0.5, 0.6) is 0 Å². The Labute approximate surface area is 128 Å². The van der Waals surface area contributed by atoms with Crippen molar-refractivity contribution in [3.8, 4) is 0 Å². The Morgan fingerprint density at radius 1 is 1.33 bits per heavy atom. The number of ether oxygens (including phenoxy) is 1. The van der Waals surface area contributed by atoms with Gasteiger partial charge in [-0.1, -0.05) is 11.6 Å². The summed E-state index contributed by atoms with van der Waals surface area (Å²) in [5, 5.41) is 20.6. The number of hydrogen-bond acceptors (Lipinski definition) is 6. The molecule has 2 N–H and O–H groups in total. The monoisotopic (exact) mass is 313 g/mol. The molecule has 1 spiro atoms. The number of nitrogens with zero attached hydrogens (tertiary/aromatic N) is 3. The standard InChI is InChI=1S/C14H20ClN3O3/c1-13(20)9-14(21-8-11(13)19)2-4-18(5-3-14)12-16-6-10(15)7-17-12/h6-7,11,19-20H,2-5,8-9H2,1H3/t11-,13-/m0/s1. The van der Waals surface area contributed by atoms with Crippen molar-refractivity contribution in [2.75, 3.05) is 24.6 Å². The number of aromatic nitrogens is 2. The lowest BCUT2D eigenvalue weighted by molar-refractivity contribution is -0.216. The molecule has 2 atom stereocenters. The van der Waals surface area contributed by atoms with Gasteiger partial charge in [0, 0.05) is 19.5 Å². The van der Waals surface area contributed by atoms with Crippen molar-refractivity contribution in [2.45, 2.75) is 43.5 Å². The Morgan fingerprint density at radius 3 is 2.52 bits per heavy atom. The molecule has 2 aliphatic rings. The summed E-state index contributed by atoms with van der Waals surface area (Å²) in [6, 6.07) is 0. The summed E-state index contributed by atoms with van der Waals surface area (Å²) in [6.45, 7) is 3.38. The summed E-state index contributed by atoms with van der Waals surface area (Å²) in [4.78, 5) is 10.5. The summed E-state index contributed by atoms with van der Waals surface area (Å²) in [6.07, 6.45) is 4.37. The molecule has 3 heterocycles. The Balaban J connectivity index is 1.66. The van der Waals surface area contributed by atoms with E-state index in [4.69, 9.17) is 16.3 Å². The second-order valence-electron chi connectivity index (χ2n) is 6.23. The molecule has 2 aliphatic heterocycles. The maximum absolute atomic E-state index is 10.3. The van der Waals surface area contributed by atoms with Crippen LogP contribution in [0.25, 0.3) is 0 Å². The molecule has 0 unspecified atom stereocenters. The number of halogens is 1. The molecule has 0 saturated carbocycles. The average molecular weight is 314 g/mol. The van der Waals surface area contributed by atoms with Crippen LogP contribution in [0.4, 0.5) is 5.95 Å². The third-order valence-corrected chi connectivity index (χ3v) is 4.70. The smallest absolute Gasteiger partial charge is 0.225 e. The van der Waals surface area contributed by atoms with Crippen LogP contribution in [0, 0.1) is 0 Å². The fourth-order valence-corrected chi connectivity index (χ4v) is 3.26. The second kappa shape index (κ2) is 5.35. The summed E-state index contributed by atoms with van der Waals surface area (Å²) in [5.41, 5.74) is -1.44. The number of piperidine rings is 1. The number of aliphatic hydroxyl groups excluding tert-OH is 1. The summed E-state index contributed by atoms with van der Waals surface area (Å²) < 4.78 is 5.86. The van der Waals surface area contributed by atoms with E-state index in [-0.39, 0.29) is 12.2 Å². The molecule has 3 rings (SSSR count). The lowest BCUT2D eigenvalue weighted by Crippen LogP contribution is -2.59. The van der Waals surface area contributed by atoms with Crippen molar-refractivity contribution in [3.05, 3.63) is 17.4 Å². The van der Waals surface area contributed by atoms with Gasteiger partial charge in [-0.2, -0.15) is 0 Å². The van der Waals surface area contributed by atoms with Crippen molar-refractivity contribution in [1.82, 2.24) is 9.97 Å². The van der Waals surface area contributed by atoms with Gasteiger partial charge in [-0.15, -0.1) is 0 Å². The van der Waals surface area contributed by atoms with Crippen molar-refractivity contribution in [3.63, 3.8) is 0 Å². The van der Waals surface area contributed by atoms with Crippen molar-refractivity contribution in [2.24, 2.45) is 0 Å². The van der Waals surface area contributed by atoms with Crippen LogP contribution in [-0.4, -0.2) is 57.2 Å². The highest BCUT2D eigenvalue weighted by molar-refractivity contribution is 6.30. The van der Waals surface area contributed by atoms with Crippen LogP contribution >= 0.6 is 11.6 Å². The molecule has 6 nitrogen and oxygen atoms in total. The van der Waals surface area contributed by atoms with Crippen molar-refractivity contribution >= 4 is 17.5 Å². The highest BCUT2D eigenvalue weighted by Gasteiger charge is 2.48. The number of rotatable bonds is 1. The second-order valence-corrected chi connectivity index (χ2v) is 6.67. The molecule has 0 aromatic carbocycles. The van der Waals surface area contributed by atoms with Gasteiger partial charge in [0.25, 0.3) is 0 Å². The SMILES string of the molecule is C[C@]1(O)CC2(CCN(c3ncc(Cl)cn3)CC2)OC[C@@H]1O. The fourth-order valence-electron chi connectivity index (χ4n) is 3.16. The Bertz CT molecular complexity index is 501. The topological polar surface area (TPSA) is 78.7 Å². The summed E-state index contributed by atoms with van der Waals surface area (Å²) in [5.74, 6) is 0.664. The van der Waals surface area contributed by atoms with Gasteiger partial charge in [-0.3, -0.25) is 0 Å². The Kier molecular flexibility index (Phi) is 3.81. The summed E-state index contributed by atoms with van der Waals surface area (Å²) in [7, 11) is 0. The molecular weight excluding hydrogens is 294 g/mol. The van der Waals surface area contributed by atoms with E-state index in [1.807, 2.05) is 0 Å². The zero-order valence-electron chi connectivity index (χ0n) is 12.0. The lowest BCUT2D eigenvalue weighted by atomic mass is 9.77. The molecule has 2 saturated heterocycles. The minimum atomic E-state index is -1.09. The molecule has 2 fully saturated rings. The zero-order chi connectivity index (χ0) is 15.1. The van der Waals surface area contributed by atoms with Gasteiger partial charge in [-0.25, -0.2) is 9.97 Å². The molecule has 0 aliphatic carbocycles. The minimum Gasteiger partial charge on any atom is -0.388 e. The number of aliphatic hydroxyl groups is 2. The third kappa shape index (κ3) is 2.99. The van der Waals surface area contributed by atoms with Gasteiger partial charge in [0.05, 0.1) is 35.2 Å². The zero-order valence-corrected chi connectivity index (χ0v) is 12.8. The van der Waals surface area contributed by atoms with E-state index in [0.29, 0.717) is 17.4 Å². The van der Waals surface area contributed by atoms with Crippen LogP contribution < -0.4 is 4.90 Å². The number of anilines is 1. The molecule has 7 heteroatoms. The van der Waals surface area contributed by atoms with Crippen LogP contribution in [0.2, 0.25) is 5.02 Å². The van der Waals surface area contributed by atoms with Gasteiger partial charge in [0.1, 0.15) is 6.10 Å². The highest BCUT2D eigenvalue weighted by atomic mass is 35.5. The minimum absolute atomic E-state index is 0.185. The highest BCUT2D eigenvalue weighted by Crippen LogP contribution is 2.39. The van der Waals surface area contributed by atoms with Gasteiger partial charge in [0.2, 0.25) is 5.95 Å². The fraction of sp³-hybridized carbons (Fsp3) is 0.714. The predicted octanol–water partition coefficient (Wildman–Crippen LogP) is 1.00. The Morgan fingerprint density at radius 2 is 1.95 bits per heavy atom. The van der Waals surface area contributed by atoms with Crippen LogP contribution in [0.1, 0.15) is 26.2 Å².